The molecule has 9 heteroatoms. The molecule has 0 aliphatic rings. The van der Waals surface area contributed by atoms with Crippen LogP contribution in [0.25, 0.3) is 0 Å². The lowest BCUT2D eigenvalue weighted by molar-refractivity contribution is -0.139. The van der Waals surface area contributed by atoms with Crippen LogP contribution in [0.1, 0.15) is 6.42 Å². The third kappa shape index (κ3) is 4.54. The highest BCUT2D eigenvalue weighted by Crippen LogP contribution is 2.10. The van der Waals surface area contributed by atoms with E-state index in [4.69, 9.17) is 9.84 Å². The molecule has 0 aliphatic heterocycles. The van der Waals surface area contributed by atoms with Crippen LogP contribution in [0, 0.1) is 5.82 Å². The predicted molar refractivity (Wildman–Crippen MR) is 62.4 cm³/mol. The number of carboxylic acids is 1. The average Bonchev–Trinajstić information content (AvgIpc) is 2.34. The summed E-state index contributed by atoms with van der Waals surface area (Å²) in [4.78, 5) is 13.9. The number of ether oxygens (including phenoxy) is 1. The molecule has 0 aromatic carbocycles. The summed E-state index contributed by atoms with van der Waals surface area (Å²) in [6.07, 6.45) is -0.0778. The molecule has 0 saturated carbocycles. The second-order valence-corrected chi connectivity index (χ2v) is 5.28. The molecule has 1 heterocycles. The topological polar surface area (TPSA) is 106 Å². The van der Waals surface area contributed by atoms with Crippen LogP contribution < -0.4 is 4.72 Å². The summed E-state index contributed by atoms with van der Waals surface area (Å²) < 4.78 is 43.6. The van der Waals surface area contributed by atoms with Gasteiger partial charge in [-0.05, 0) is 12.1 Å². The number of nitrogens with zero attached hydrogens (tertiary/aromatic N) is 1. The number of nitrogens with one attached hydrogen (secondary N) is 1. The molecule has 0 radical (unpaired) electrons. The Morgan fingerprint density at radius 2 is 2.32 bits per heavy atom. The molecule has 7 nitrogen and oxygen atoms in total. The van der Waals surface area contributed by atoms with Crippen molar-refractivity contribution >= 4 is 16.0 Å². The Morgan fingerprint density at radius 1 is 1.63 bits per heavy atom. The summed E-state index contributed by atoms with van der Waals surface area (Å²) in [5.41, 5.74) is 0. The highest BCUT2D eigenvalue weighted by atomic mass is 32.2. The zero-order chi connectivity index (χ0) is 14.5. The number of hydrogen-bond donors (Lipinski definition) is 2. The molecule has 1 unspecified atom stereocenters. The number of halogens is 1. The molecule has 1 atom stereocenters. The summed E-state index contributed by atoms with van der Waals surface area (Å²) in [6, 6.07) is 2.23. The lowest BCUT2D eigenvalue weighted by Gasteiger charge is -2.13. The molecule has 0 amide bonds. The van der Waals surface area contributed by atoms with Crippen molar-refractivity contribution in [3.8, 4) is 0 Å². The number of aromatic nitrogens is 1. The van der Waals surface area contributed by atoms with Gasteiger partial charge in [0, 0.05) is 19.9 Å². The van der Waals surface area contributed by atoms with Crippen molar-refractivity contribution in [2.75, 3.05) is 13.7 Å². The first-order valence-corrected chi connectivity index (χ1v) is 6.70. The second kappa shape index (κ2) is 6.55. The van der Waals surface area contributed by atoms with Gasteiger partial charge in [0.25, 0.3) is 10.0 Å². The molecule has 0 saturated heterocycles. The van der Waals surface area contributed by atoms with E-state index in [0.717, 1.165) is 12.3 Å². The maximum absolute atomic E-state index is 13.3. The molecule has 0 bridgehead atoms. The highest BCUT2D eigenvalue weighted by molar-refractivity contribution is 7.89. The SMILES string of the molecule is COC(CNS(=O)(=O)c1ncccc1F)CC(=O)O. The first-order chi connectivity index (χ1) is 8.86. The van der Waals surface area contributed by atoms with Gasteiger partial charge in [-0.25, -0.2) is 22.5 Å². The van der Waals surface area contributed by atoms with Gasteiger partial charge in [-0.15, -0.1) is 0 Å². The van der Waals surface area contributed by atoms with Crippen LogP contribution in [-0.2, 0) is 19.6 Å². The number of carbonyl (C=O) groups is 1. The van der Waals surface area contributed by atoms with Crippen LogP contribution in [0.3, 0.4) is 0 Å². The minimum Gasteiger partial charge on any atom is -0.481 e. The first kappa shape index (κ1) is 15.5. The third-order valence-electron chi connectivity index (χ3n) is 2.22. The van der Waals surface area contributed by atoms with Gasteiger partial charge in [0.05, 0.1) is 12.5 Å². The Bertz CT molecular complexity index is 549. The largest absolute Gasteiger partial charge is 0.481 e. The molecule has 19 heavy (non-hydrogen) atoms. The number of methoxy groups -OCH3 is 1. The number of carboxylic acid groups (broad SMARTS) is 1. The Morgan fingerprint density at radius 3 is 2.84 bits per heavy atom. The van der Waals surface area contributed by atoms with E-state index in [1.165, 1.54) is 13.2 Å². The monoisotopic (exact) mass is 292 g/mol. The summed E-state index contributed by atoms with van der Waals surface area (Å²) in [5.74, 6) is -2.11. The van der Waals surface area contributed by atoms with Gasteiger partial charge in [-0.3, -0.25) is 4.79 Å². The second-order valence-electron chi connectivity index (χ2n) is 3.60. The number of rotatable bonds is 7. The fourth-order valence-corrected chi connectivity index (χ4v) is 2.34. The third-order valence-corrected chi connectivity index (χ3v) is 3.57. The lowest BCUT2D eigenvalue weighted by atomic mass is 10.2. The normalized spacial score (nSPS) is 13.2. The highest BCUT2D eigenvalue weighted by Gasteiger charge is 2.22. The van der Waals surface area contributed by atoms with Gasteiger partial charge in [0.1, 0.15) is 0 Å². The van der Waals surface area contributed by atoms with Gasteiger partial charge in [0.2, 0.25) is 5.03 Å². The number of hydrogen-bond acceptors (Lipinski definition) is 5. The smallest absolute Gasteiger partial charge is 0.306 e. The van der Waals surface area contributed by atoms with Crippen molar-refractivity contribution < 1.29 is 27.4 Å². The van der Waals surface area contributed by atoms with Gasteiger partial charge < -0.3 is 9.84 Å². The zero-order valence-corrected chi connectivity index (χ0v) is 10.9. The van der Waals surface area contributed by atoms with Crippen LogP contribution in [0.4, 0.5) is 4.39 Å². The van der Waals surface area contributed by atoms with Crippen molar-refractivity contribution in [1.82, 2.24) is 9.71 Å². The first-order valence-electron chi connectivity index (χ1n) is 5.21. The van der Waals surface area contributed by atoms with Crippen LogP contribution in [-0.4, -0.2) is 44.2 Å². The number of sulfonamides is 1. The molecule has 2 N–H and O–H groups in total. The molecule has 0 spiro atoms. The Labute approximate surface area is 109 Å². The molecule has 1 aromatic rings. The van der Waals surface area contributed by atoms with E-state index < -0.39 is 32.9 Å². The quantitative estimate of drug-likeness (QED) is 0.732. The molecular formula is C10H13FN2O5S. The molecule has 1 rings (SSSR count). The molecule has 106 valence electrons. The van der Waals surface area contributed by atoms with E-state index in [1.807, 2.05) is 0 Å². The van der Waals surface area contributed by atoms with Crippen LogP contribution >= 0.6 is 0 Å². The molecule has 1 aromatic heterocycles. The van der Waals surface area contributed by atoms with Crippen LogP contribution in [0.2, 0.25) is 0 Å². The number of pyridine rings is 1. The van der Waals surface area contributed by atoms with Gasteiger partial charge in [0.15, 0.2) is 5.82 Å². The minimum atomic E-state index is -4.14. The summed E-state index contributed by atoms with van der Waals surface area (Å²) in [6.45, 7) is -0.291. The molecule has 0 fully saturated rings. The zero-order valence-electron chi connectivity index (χ0n) is 10.0. The van der Waals surface area contributed by atoms with E-state index in [1.54, 1.807) is 0 Å². The van der Waals surface area contributed by atoms with Gasteiger partial charge in [-0.2, -0.15) is 0 Å². The standard InChI is InChI=1S/C10H13FN2O5S/c1-18-7(5-9(14)15)6-13-19(16,17)10-8(11)3-2-4-12-10/h2-4,7,13H,5-6H2,1H3,(H,14,15). The van der Waals surface area contributed by atoms with Gasteiger partial charge >= 0.3 is 5.97 Å². The maximum atomic E-state index is 13.3. The van der Waals surface area contributed by atoms with E-state index >= 15 is 0 Å². The Hall–Kier alpha value is -1.58. The predicted octanol–water partition coefficient (Wildman–Crippen LogP) is -0.0113. The van der Waals surface area contributed by atoms with Crippen molar-refractivity contribution in [1.29, 1.82) is 0 Å². The van der Waals surface area contributed by atoms with Crippen LogP contribution in [0.5, 0.6) is 0 Å². The van der Waals surface area contributed by atoms with Crippen molar-refractivity contribution in [3.05, 3.63) is 24.1 Å². The van der Waals surface area contributed by atoms with Crippen molar-refractivity contribution in [2.24, 2.45) is 0 Å². The fraction of sp³-hybridized carbons (Fsp3) is 0.400. The summed E-state index contributed by atoms with van der Waals surface area (Å²) in [7, 11) is -2.89. The Kier molecular flexibility index (Phi) is 5.33. The van der Waals surface area contributed by atoms with E-state index in [2.05, 4.69) is 9.71 Å². The van der Waals surface area contributed by atoms with Crippen LogP contribution in [0.15, 0.2) is 23.4 Å². The summed E-state index contributed by atoms with van der Waals surface area (Å²) in [5, 5.41) is 7.84. The minimum absolute atomic E-state index is 0.291. The van der Waals surface area contributed by atoms with Gasteiger partial charge in [-0.1, -0.05) is 0 Å². The lowest BCUT2D eigenvalue weighted by Crippen LogP contribution is -2.35. The fourth-order valence-electron chi connectivity index (χ4n) is 1.27. The maximum Gasteiger partial charge on any atom is 0.306 e. The molecule has 0 aliphatic carbocycles. The number of aliphatic carboxylic acids is 1. The van der Waals surface area contributed by atoms with E-state index in [-0.39, 0.29) is 13.0 Å². The molecular weight excluding hydrogens is 279 g/mol. The average molecular weight is 292 g/mol. The van der Waals surface area contributed by atoms with Crippen molar-refractivity contribution in [2.45, 2.75) is 17.6 Å². The Balaban J connectivity index is 2.76. The summed E-state index contributed by atoms with van der Waals surface area (Å²) >= 11 is 0. The van der Waals surface area contributed by atoms with E-state index in [0.29, 0.717) is 0 Å². The van der Waals surface area contributed by atoms with E-state index in [9.17, 15) is 17.6 Å². The van der Waals surface area contributed by atoms with Crippen molar-refractivity contribution in [3.63, 3.8) is 0 Å².